The second-order valence-electron chi connectivity index (χ2n) is 8.02. The van der Waals surface area contributed by atoms with Crippen molar-refractivity contribution in [1.29, 1.82) is 0 Å². The maximum Gasteiger partial charge on any atom is 0.0459 e. The number of hydrogen-bond donors (Lipinski definition) is 4. The van der Waals surface area contributed by atoms with Gasteiger partial charge in [-0.25, -0.2) is 0 Å². The first-order chi connectivity index (χ1) is 12.8. The van der Waals surface area contributed by atoms with E-state index < -0.39 is 0 Å². The monoisotopic (exact) mass is 355 g/mol. The molecule has 0 spiro atoms. The first-order valence-electron chi connectivity index (χ1n) is 10.3. The van der Waals surface area contributed by atoms with Crippen LogP contribution in [0.5, 0.6) is 0 Å². The van der Waals surface area contributed by atoms with Gasteiger partial charge in [0.1, 0.15) is 0 Å². The molecule has 1 saturated heterocycles. The van der Waals surface area contributed by atoms with Crippen LogP contribution in [0.4, 0.5) is 0 Å². The standard InChI is InChI=1S/C21H33N5/c22-8-4-9-23-12-16-5-3-10-26(14-16)15-17-11-19-18-6-1-2-7-20(18)25-21(19)13-24-17/h1-2,6-7,16-17,23-25H,3-5,8-15,22H2. The lowest BCUT2D eigenvalue weighted by molar-refractivity contribution is 0.155. The smallest absolute Gasteiger partial charge is 0.0459 e. The number of benzene rings is 1. The molecule has 1 fully saturated rings. The van der Waals surface area contributed by atoms with Crippen LogP contribution in [0, 0.1) is 5.92 Å². The van der Waals surface area contributed by atoms with Crippen molar-refractivity contribution in [2.45, 2.75) is 38.3 Å². The van der Waals surface area contributed by atoms with Gasteiger partial charge in [0, 0.05) is 42.3 Å². The third kappa shape index (κ3) is 4.12. The molecular weight excluding hydrogens is 322 g/mol. The van der Waals surface area contributed by atoms with Crippen molar-refractivity contribution in [3.05, 3.63) is 35.5 Å². The Bertz CT molecular complexity index is 709. The summed E-state index contributed by atoms with van der Waals surface area (Å²) in [5.41, 5.74) is 9.76. The lowest BCUT2D eigenvalue weighted by Gasteiger charge is -2.36. The number of nitrogens with zero attached hydrogens (tertiary/aromatic N) is 1. The van der Waals surface area contributed by atoms with Crippen LogP contribution < -0.4 is 16.4 Å². The fourth-order valence-corrected chi connectivity index (χ4v) is 4.66. The number of para-hydroxylation sites is 1. The number of H-pyrrole nitrogens is 1. The minimum Gasteiger partial charge on any atom is -0.357 e. The molecule has 0 amide bonds. The van der Waals surface area contributed by atoms with E-state index in [-0.39, 0.29) is 0 Å². The van der Waals surface area contributed by atoms with Crippen molar-refractivity contribution in [2.24, 2.45) is 11.7 Å². The van der Waals surface area contributed by atoms with Crippen molar-refractivity contribution >= 4 is 10.9 Å². The van der Waals surface area contributed by atoms with Crippen molar-refractivity contribution in [3.8, 4) is 0 Å². The van der Waals surface area contributed by atoms with Crippen LogP contribution in [-0.4, -0.2) is 55.2 Å². The van der Waals surface area contributed by atoms with Gasteiger partial charge in [0.05, 0.1) is 0 Å². The molecule has 1 aromatic heterocycles. The summed E-state index contributed by atoms with van der Waals surface area (Å²) in [4.78, 5) is 6.26. The van der Waals surface area contributed by atoms with Crippen LogP contribution in [0.3, 0.4) is 0 Å². The molecular formula is C21H33N5. The van der Waals surface area contributed by atoms with Crippen LogP contribution in [0.1, 0.15) is 30.5 Å². The Morgan fingerprint density at radius 2 is 2.19 bits per heavy atom. The summed E-state index contributed by atoms with van der Waals surface area (Å²) in [6.07, 6.45) is 4.90. The summed E-state index contributed by atoms with van der Waals surface area (Å²) >= 11 is 0. The highest BCUT2D eigenvalue weighted by molar-refractivity contribution is 5.84. The lowest BCUT2D eigenvalue weighted by Crippen LogP contribution is -2.48. The second-order valence-corrected chi connectivity index (χ2v) is 8.02. The Morgan fingerprint density at radius 1 is 1.27 bits per heavy atom. The van der Waals surface area contributed by atoms with Gasteiger partial charge in [0.2, 0.25) is 0 Å². The van der Waals surface area contributed by atoms with E-state index in [2.05, 4.69) is 44.8 Å². The van der Waals surface area contributed by atoms with Gasteiger partial charge in [0.15, 0.2) is 0 Å². The first kappa shape index (κ1) is 18.0. The molecule has 0 saturated carbocycles. The van der Waals surface area contributed by atoms with Crippen LogP contribution in [0.15, 0.2) is 24.3 Å². The van der Waals surface area contributed by atoms with Gasteiger partial charge >= 0.3 is 0 Å². The van der Waals surface area contributed by atoms with Gasteiger partial charge in [-0.3, -0.25) is 0 Å². The highest BCUT2D eigenvalue weighted by atomic mass is 15.2. The molecule has 2 aliphatic heterocycles. The average molecular weight is 356 g/mol. The Labute approximate surface area is 156 Å². The number of nitrogens with one attached hydrogen (secondary N) is 3. The SMILES string of the molecule is NCCCNCC1CCCN(CC2Cc3c([nH]c4ccccc34)CN2)C1. The number of nitrogens with two attached hydrogens (primary N) is 1. The van der Waals surface area contributed by atoms with Gasteiger partial charge in [-0.2, -0.15) is 0 Å². The fourth-order valence-electron chi connectivity index (χ4n) is 4.66. The molecule has 0 radical (unpaired) electrons. The normalized spacial score (nSPS) is 24.0. The molecule has 2 unspecified atom stereocenters. The molecule has 3 heterocycles. The highest BCUT2D eigenvalue weighted by Crippen LogP contribution is 2.27. The summed E-state index contributed by atoms with van der Waals surface area (Å²) < 4.78 is 0. The Balaban J connectivity index is 1.32. The number of hydrogen-bond acceptors (Lipinski definition) is 4. The highest BCUT2D eigenvalue weighted by Gasteiger charge is 2.26. The zero-order chi connectivity index (χ0) is 17.8. The van der Waals surface area contributed by atoms with Crippen LogP contribution in [0.2, 0.25) is 0 Å². The largest absolute Gasteiger partial charge is 0.357 e. The Kier molecular flexibility index (Phi) is 5.90. The van der Waals surface area contributed by atoms with Gasteiger partial charge < -0.3 is 26.3 Å². The number of aromatic amines is 1. The molecule has 5 N–H and O–H groups in total. The zero-order valence-electron chi connectivity index (χ0n) is 15.8. The molecule has 5 nitrogen and oxygen atoms in total. The summed E-state index contributed by atoms with van der Waals surface area (Å²) in [5.74, 6) is 0.786. The summed E-state index contributed by atoms with van der Waals surface area (Å²) in [7, 11) is 0. The van der Waals surface area contributed by atoms with E-state index in [1.54, 1.807) is 0 Å². The quantitative estimate of drug-likeness (QED) is 0.572. The van der Waals surface area contributed by atoms with Crippen LogP contribution in [-0.2, 0) is 13.0 Å². The molecule has 142 valence electrons. The molecule has 2 aromatic rings. The Morgan fingerprint density at radius 3 is 3.12 bits per heavy atom. The molecule has 2 aliphatic rings. The number of rotatable bonds is 7. The maximum atomic E-state index is 5.58. The fraction of sp³-hybridized carbons (Fsp3) is 0.619. The second kappa shape index (κ2) is 8.53. The van der Waals surface area contributed by atoms with Crippen molar-refractivity contribution < 1.29 is 0 Å². The van der Waals surface area contributed by atoms with Crippen molar-refractivity contribution in [2.75, 3.05) is 39.3 Å². The predicted octanol–water partition coefficient (Wildman–Crippen LogP) is 1.83. The van der Waals surface area contributed by atoms with Crippen LogP contribution in [0.25, 0.3) is 10.9 Å². The molecule has 2 atom stereocenters. The molecule has 1 aromatic carbocycles. The minimum atomic E-state index is 0.561. The van der Waals surface area contributed by atoms with Gasteiger partial charge in [-0.15, -0.1) is 0 Å². The molecule has 4 rings (SSSR count). The van der Waals surface area contributed by atoms with E-state index in [0.29, 0.717) is 6.04 Å². The van der Waals surface area contributed by atoms with E-state index in [1.165, 1.54) is 48.1 Å². The third-order valence-corrected chi connectivity index (χ3v) is 5.99. The van der Waals surface area contributed by atoms with Crippen molar-refractivity contribution in [1.82, 2.24) is 20.5 Å². The van der Waals surface area contributed by atoms with E-state index in [1.807, 2.05) is 0 Å². The summed E-state index contributed by atoms with van der Waals surface area (Å²) in [6, 6.07) is 9.28. The number of likely N-dealkylation sites (tertiary alicyclic amines) is 1. The lowest BCUT2D eigenvalue weighted by atomic mass is 9.95. The molecule has 0 bridgehead atoms. The van der Waals surface area contributed by atoms with E-state index in [4.69, 9.17) is 5.73 Å². The molecule has 0 aliphatic carbocycles. The number of piperidine rings is 1. The molecule has 26 heavy (non-hydrogen) atoms. The van der Waals surface area contributed by atoms with E-state index in [0.717, 1.165) is 51.5 Å². The first-order valence-corrected chi connectivity index (χ1v) is 10.3. The third-order valence-electron chi connectivity index (χ3n) is 5.99. The van der Waals surface area contributed by atoms with Gasteiger partial charge in [-0.05, 0) is 69.4 Å². The maximum absolute atomic E-state index is 5.58. The van der Waals surface area contributed by atoms with Gasteiger partial charge in [-0.1, -0.05) is 18.2 Å². The number of aromatic nitrogens is 1. The average Bonchev–Trinajstić information content (AvgIpc) is 3.04. The van der Waals surface area contributed by atoms with Crippen LogP contribution >= 0.6 is 0 Å². The summed E-state index contributed by atoms with van der Waals surface area (Å²) in [6.45, 7) is 7.59. The zero-order valence-corrected chi connectivity index (χ0v) is 15.8. The summed E-state index contributed by atoms with van der Waals surface area (Å²) in [5, 5.41) is 8.75. The molecule has 5 heteroatoms. The van der Waals surface area contributed by atoms with Crippen molar-refractivity contribution in [3.63, 3.8) is 0 Å². The topological polar surface area (TPSA) is 69.1 Å². The minimum absolute atomic E-state index is 0.561. The van der Waals surface area contributed by atoms with E-state index >= 15 is 0 Å². The van der Waals surface area contributed by atoms with Gasteiger partial charge in [0.25, 0.3) is 0 Å². The Hall–Kier alpha value is -1.40. The van der Waals surface area contributed by atoms with E-state index in [9.17, 15) is 0 Å². The number of fused-ring (bicyclic) bond motifs is 3. The predicted molar refractivity (Wildman–Crippen MR) is 108 cm³/mol.